The fourth-order valence-corrected chi connectivity index (χ4v) is 6.06. The fraction of sp³-hybridized carbons (Fsp3) is 0.458. The molecule has 0 spiro atoms. The van der Waals surface area contributed by atoms with Gasteiger partial charge in [-0.15, -0.1) is 0 Å². The van der Waals surface area contributed by atoms with E-state index in [-0.39, 0.29) is 23.8 Å². The monoisotopic (exact) mass is 513 g/mol. The van der Waals surface area contributed by atoms with E-state index in [4.69, 9.17) is 28.2 Å². The highest BCUT2D eigenvalue weighted by molar-refractivity contribution is 6.43. The van der Waals surface area contributed by atoms with Crippen molar-refractivity contribution in [1.82, 2.24) is 25.1 Å². The molecule has 182 valence electrons. The molecular weight excluding hydrogens is 489 g/mol. The summed E-state index contributed by atoms with van der Waals surface area (Å²) in [6, 6.07) is 7.54. The summed E-state index contributed by atoms with van der Waals surface area (Å²) in [4.78, 5) is 25.2. The summed E-state index contributed by atoms with van der Waals surface area (Å²) >= 11 is 12.6. The maximum Gasteiger partial charge on any atom is 0.407 e. The third-order valence-corrected chi connectivity index (χ3v) is 7.77. The molecule has 1 amide bonds. The van der Waals surface area contributed by atoms with Crippen LogP contribution in [-0.2, 0) is 0 Å². The van der Waals surface area contributed by atoms with Gasteiger partial charge in [0, 0.05) is 29.2 Å². The number of aromatic nitrogens is 4. The number of halogens is 2. The second-order valence-electron chi connectivity index (χ2n) is 10.1. The van der Waals surface area contributed by atoms with Gasteiger partial charge >= 0.3 is 6.09 Å². The molecule has 2 aliphatic heterocycles. The minimum Gasteiger partial charge on any atom is -0.465 e. The lowest BCUT2D eigenvalue weighted by atomic mass is 9.92. The van der Waals surface area contributed by atoms with Crippen molar-refractivity contribution in [3.05, 3.63) is 33.9 Å². The van der Waals surface area contributed by atoms with E-state index in [1.807, 2.05) is 20.8 Å². The van der Waals surface area contributed by atoms with Crippen LogP contribution in [0.1, 0.15) is 52.1 Å². The molecule has 2 saturated heterocycles. The summed E-state index contributed by atoms with van der Waals surface area (Å²) in [5, 5.41) is 28.4. The summed E-state index contributed by atoms with van der Waals surface area (Å²) < 4.78 is 0. The zero-order valence-corrected chi connectivity index (χ0v) is 21.1. The van der Waals surface area contributed by atoms with E-state index < -0.39 is 11.6 Å². The van der Waals surface area contributed by atoms with Crippen LogP contribution in [0.5, 0.6) is 0 Å². The van der Waals surface area contributed by atoms with Crippen molar-refractivity contribution in [2.45, 2.75) is 70.1 Å². The number of nitrogens with zero attached hydrogens (tertiary/aromatic N) is 6. The Balaban J connectivity index is 1.52. The van der Waals surface area contributed by atoms with Crippen molar-refractivity contribution < 1.29 is 9.90 Å². The van der Waals surface area contributed by atoms with Crippen molar-refractivity contribution in [1.29, 1.82) is 5.26 Å². The van der Waals surface area contributed by atoms with E-state index >= 15 is 0 Å². The molecule has 5 rings (SSSR count). The Morgan fingerprint density at radius 3 is 2.51 bits per heavy atom. The molecule has 11 heteroatoms. The van der Waals surface area contributed by atoms with Crippen LogP contribution < -0.4 is 4.90 Å². The Kier molecular flexibility index (Phi) is 5.77. The van der Waals surface area contributed by atoms with Gasteiger partial charge in [0.05, 0.1) is 15.4 Å². The topological polar surface area (TPSA) is 122 Å². The summed E-state index contributed by atoms with van der Waals surface area (Å²) in [6.07, 6.45) is 2.33. The minimum absolute atomic E-state index is 0.0795. The van der Waals surface area contributed by atoms with E-state index in [2.05, 4.69) is 26.2 Å². The van der Waals surface area contributed by atoms with Gasteiger partial charge < -0.3 is 14.9 Å². The van der Waals surface area contributed by atoms with E-state index in [1.54, 1.807) is 23.1 Å². The molecule has 9 nitrogen and oxygen atoms in total. The third-order valence-electron chi connectivity index (χ3n) is 6.95. The molecule has 2 fully saturated rings. The second-order valence-corrected chi connectivity index (χ2v) is 10.9. The lowest BCUT2D eigenvalue weighted by molar-refractivity contribution is 0.0557. The van der Waals surface area contributed by atoms with Crippen LogP contribution in [0.15, 0.2) is 18.2 Å². The van der Waals surface area contributed by atoms with Crippen LogP contribution in [0, 0.1) is 11.3 Å². The fourth-order valence-electron chi connectivity index (χ4n) is 5.67. The number of benzene rings is 1. The average molecular weight is 514 g/mol. The Morgan fingerprint density at radius 2 is 1.91 bits per heavy atom. The van der Waals surface area contributed by atoms with Crippen LogP contribution in [0.25, 0.3) is 22.3 Å². The van der Waals surface area contributed by atoms with Gasteiger partial charge in [-0.25, -0.2) is 9.78 Å². The first-order valence-electron chi connectivity index (χ1n) is 11.5. The summed E-state index contributed by atoms with van der Waals surface area (Å²) in [5.41, 5.74) is 1.22. The quantitative estimate of drug-likeness (QED) is 0.475. The molecule has 2 bridgehead atoms. The van der Waals surface area contributed by atoms with Crippen LogP contribution in [0.2, 0.25) is 10.0 Å². The predicted octanol–water partition coefficient (Wildman–Crippen LogP) is 5.48. The van der Waals surface area contributed by atoms with Gasteiger partial charge in [-0.05, 0) is 52.5 Å². The SMILES string of the molecule is CC(C)(C)N(C(=O)O)C1CC2CCC(C1)N2c1nc(C#N)c2c(-c3cccc(Cl)c3Cl)n[nH]c2n1. The Bertz CT molecular complexity index is 1350. The van der Waals surface area contributed by atoms with Gasteiger partial charge in [0.1, 0.15) is 11.8 Å². The van der Waals surface area contributed by atoms with Crippen molar-refractivity contribution in [2.24, 2.45) is 0 Å². The van der Waals surface area contributed by atoms with Crippen molar-refractivity contribution >= 4 is 46.3 Å². The van der Waals surface area contributed by atoms with Crippen molar-refractivity contribution in [3.63, 3.8) is 0 Å². The van der Waals surface area contributed by atoms with Crippen molar-refractivity contribution in [2.75, 3.05) is 4.90 Å². The second kappa shape index (κ2) is 8.54. The number of hydrogen-bond donors (Lipinski definition) is 2. The number of fused-ring (bicyclic) bond motifs is 3. The van der Waals surface area contributed by atoms with Gasteiger partial charge in [-0.2, -0.15) is 15.3 Å². The number of rotatable bonds is 3. The largest absolute Gasteiger partial charge is 0.465 e. The zero-order valence-electron chi connectivity index (χ0n) is 19.6. The molecular formula is C24H25Cl2N7O2. The smallest absolute Gasteiger partial charge is 0.407 e. The molecule has 2 unspecified atom stereocenters. The van der Waals surface area contributed by atoms with E-state index in [0.29, 0.717) is 51.1 Å². The number of aromatic amines is 1. The van der Waals surface area contributed by atoms with Crippen molar-refractivity contribution in [3.8, 4) is 17.3 Å². The van der Waals surface area contributed by atoms with Crippen LogP contribution >= 0.6 is 23.2 Å². The number of H-pyrrole nitrogens is 1. The van der Waals surface area contributed by atoms with Gasteiger partial charge in [0.25, 0.3) is 0 Å². The molecule has 2 N–H and O–H groups in total. The third kappa shape index (κ3) is 3.95. The van der Waals surface area contributed by atoms with E-state index in [0.717, 1.165) is 12.8 Å². The summed E-state index contributed by atoms with van der Waals surface area (Å²) in [7, 11) is 0. The standard InChI is InChI=1S/C24H25Cl2N7O2/c1-24(2,3)33(23(34)35)14-9-12-7-8-13(10-14)32(12)22-28-17(11-27)18-20(30-31-21(18)29-22)15-5-4-6-16(25)19(15)26/h4-6,12-14H,7-10H2,1-3H3,(H,34,35)(H,28,29,30,31). The molecule has 2 atom stereocenters. The highest BCUT2D eigenvalue weighted by Crippen LogP contribution is 2.42. The lowest BCUT2D eigenvalue weighted by Crippen LogP contribution is -2.57. The number of carbonyl (C=O) groups is 1. The summed E-state index contributed by atoms with van der Waals surface area (Å²) in [6.45, 7) is 5.77. The lowest BCUT2D eigenvalue weighted by Gasteiger charge is -2.46. The molecule has 1 aromatic carbocycles. The molecule has 4 heterocycles. The normalized spacial score (nSPS) is 21.8. The number of hydrogen-bond acceptors (Lipinski definition) is 6. The molecule has 0 radical (unpaired) electrons. The molecule has 2 aromatic heterocycles. The highest BCUT2D eigenvalue weighted by atomic mass is 35.5. The number of carboxylic acid groups (broad SMARTS) is 1. The van der Waals surface area contributed by atoms with Gasteiger partial charge in [-0.1, -0.05) is 35.3 Å². The minimum atomic E-state index is -0.899. The van der Waals surface area contributed by atoms with Gasteiger partial charge in [0.15, 0.2) is 11.3 Å². The number of piperidine rings is 1. The molecule has 0 aliphatic carbocycles. The number of anilines is 1. The Labute approximate surface area is 212 Å². The van der Waals surface area contributed by atoms with Crippen LogP contribution in [0.4, 0.5) is 10.7 Å². The van der Waals surface area contributed by atoms with Crippen LogP contribution in [0.3, 0.4) is 0 Å². The Hall–Kier alpha value is -3.09. The van der Waals surface area contributed by atoms with Gasteiger partial charge in [0.2, 0.25) is 5.95 Å². The molecule has 2 aliphatic rings. The zero-order chi connectivity index (χ0) is 25.1. The predicted molar refractivity (Wildman–Crippen MR) is 134 cm³/mol. The molecule has 3 aromatic rings. The first kappa shape index (κ1) is 23.6. The van der Waals surface area contributed by atoms with Crippen LogP contribution in [-0.4, -0.2) is 59.9 Å². The molecule has 35 heavy (non-hydrogen) atoms. The number of amides is 1. The summed E-state index contributed by atoms with van der Waals surface area (Å²) in [5.74, 6) is 0.463. The first-order chi connectivity index (χ1) is 16.6. The molecule has 0 saturated carbocycles. The average Bonchev–Trinajstić information content (AvgIpc) is 3.32. The first-order valence-corrected chi connectivity index (χ1v) is 12.3. The Morgan fingerprint density at radius 1 is 1.23 bits per heavy atom. The van der Waals surface area contributed by atoms with E-state index in [9.17, 15) is 15.2 Å². The number of nitriles is 1. The highest BCUT2D eigenvalue weighted by Gasteiger charge is 2.47. The number of nitrogens with one attached hydrogen (secondary N) is 1. The van der Waals surface area contributed by atoms with Gasteiger partial charge in [-0.3, -0.25) is 5.10 Å². The maximum absolute atomic E-state index is 12.0. The van der Waals surface area contributed by atoms with E-state index in [1.165, 1.54) is 0 Å². The maximum atomic E-state index is 12.0.